The Morgan fingerprint density at radius 1 is 1.03 bits per heavy atom. The summed E-state index contributed by atoms with van der Waals surface area (Å²) in [5, 5.41) is 4.41. The number of piperidine rings is 1. The number of fused-ring (bicyclic) bond motifs is 1. The van der Waals surface area contributed by atoms with Gasteiger partial charge in [-0.05, 0) is 54.0 Å². The molecule has 5 nitrogen and oxygen atoms in total. The van der Waals surface area contributed by atoms with Gasteiger partial charge in [0, 0.05) is 75.7 Å². The van der Waals surface area contributed by atoms with Crippen LogP contribution in [0.15, 0.2) is 42.5 Å². The number of benzene rings is 2. The van der Waals surface area contributed by atoms with E-state index >= 15 is 0 Å². The van der Waals surface area contributed by atoms with Gasteiger partial charge >= 0.3 is 5.97 Å². The fourth-order valence-electron chi connectivity index (χ4n) is 4.88. The molecule has 33 heavy (non-hydrogen) atoms. The zero-order valence-electron chi connectivity index (χ0n) is 19.6. The third-order valence-electron chi connectivity index (χ3n) is 6.91. The monoisotopic (exact) mass is 660 g/mol. The van der Waals surface area contributed by atoms with Crippen molar-refractivity contribution in [3.8, 4) is 0 Å². The van der Waals surface area contributed by atoms with E-state index < -0.39 is 0 Å². The number of Topliss-reactive ketones (excluding diaryl/α,β-unsaturated/α-hetero) is 1. The molecule has 173 valence electrons. The molecule has 2 aromatic rings. The molecule has 2 aliphatic heterocycles. The Hall–Kier alpha value is -1.06. The fourth-order valence-corrected chi connectivity index (χ4v) is 4.88. The summed E-state index contributed by atoms with van der Waals surface area (Å²) >= 11 is 0. The summed E-state index contributed by atoms with van der Waals surface area (Å²) in [5.41, 5.74) is 5.11. The number of rotatable bonds is 7. The maximum atomic E-state index is 12.8. The van der Waals surface area contributed by atoms with Crippen LogP contribution < -0.4 is 0 Å². The normalized spacial score (nSPS) is 16.9. The van der Waals surface area contributed by atoms with E-state index in [4.69, 9.17) is 4.74 Å². The van der Waals surface area contributed by atoms with Gasteiger partial charge in [0.25, 0.3) is 0 Å². The molecule has 1 fully saturated rings. The van der Waals surface area contributed by atoms with E-state index in [0.717, 1.165) is 76.0 Å². The molecule has 0 unspecified atom stereocenters. The van der Waals surface area contributed by atoms with Crippen molar-refractivity contribution in [2.24, 2.45) is 5.92 Å². The van der Waals surface area contributed by atoms with Crippen molar-refractivity contribution in [2.75, 3.05) is 33.3 Å². The Balaban J connectivity index is 0.00000306. The molecule has 0 aliphatic carbocycles. The van der Waals surface area contributed by atoms with Crippen LogP contribution in [0, 0.1) is 50.0 Å². The largest absolute Gasteiger partial charge is 0.662 e. The Morgan fingerprint density at radius 3 is 2.52 bits per heavy atom. The molecule has 0 spiro atoms. The van der Waals surface area contributed by atoms with E-state index in [1.807, 2.05) is 30.3 Å². The molecular weight excluding hydrogens is 627 g/mol. The van der Waals surface area contributed by atoms with Crippen LogP contribution in [0.25, 0.3) is 5.32 Å². The van der Waals surface area contributed by atoms with Crippen LogP contribution in [0.5, 0.6) is 0 Å². The van der Waals surface area contributed by atoms with Gasteiger partial charge in [-0.3, -0.25) is 9.69 Å². The summed E-state index contributed by atoms with van der Waals surface area (Å²) in [4.78, 5) is 27.3. The molecule has 4 rings (SSSR count). The second-order valence-electron chi connectivity index (χ2n) is 8.98. The zero-order chi connectivity index (χ0) is 22.3. The Labute approximate surface area is 233 Å². The van der Waals surface area contributed by atoms with E-state index in [1.54, 1.807) is 0 Å². The van der Waals surface area contributed by atoms with Gasteiger partial charge < -0.3 is 10.1 Å². The molecule has 1 saturated heterocycles. The predicted octanol–water partition coefficient (Wildman–Crippen LogP) is 4.82. The van der Waals surface area contributed by atoms with Crippen molar-refractivity contribution in [1.29, 1.82) is 0 Å². The average Bonchev–Trinajstić information content (AvgIpc) is 3.05. The van der Waals surface area contributed by atoms with Crippen molar-refractivity contribution in [2.45, 2.75) is 45.1 Å². The molecule has 2 aromatic carbocycles. The molecule has 1 radical (unpaired) electrons. The quantitative estimate of drug-likeness (QED) is 0.316. The number of hydrogen-bond acceptors (Lipinski definition) is 4. The summed E-state index contributed by atoms with van der Waals surface area (Å²) in [7, 11) is 1.42. The molecule has 2 aliphatic rings. The SMILES string of the molecule is COC(=O)c1ccccc1CN1CCc2ccc(C(=O)CCC3CC[N-]CC3)cc2CC1.[Ac]. The maximum absolute atomic E-state index is 12.8. The third kappa shape index (κ3) is 7.21. The number of carbonyl (C=O) groups excluding carboxylic acids is 2. The van der Waals surface area contributed by atoms with Gasteiger partial charge in [0.15, 0.2) is 5.78 Å². The minimum atomic E-state index is -0.288. The first-order valence-electron chi connectivity index (χ1n) is 11.8. The molecular formula is C27H33AcN2O3-. The number of carbonyl (C=O) groups is 2. The number of methoxy groups -OCH3 is 1. The van der Waals surface area contributed by atoms with Gasteiger partial charge in [0.2, 0.25) is 0 Å². The van der Waals surface area contributed by atoms with Gasteiger partial charge in [0.1, 0.15) is 0 Å². The van der Waals surface area contributed by atoms with Crippen molar-refractivity contribution >= 4 is 11.8 Å². The van der Waals surface area contributed by atoms with Crippen molar-refractivity contribution in [3.05, 3.63) is 75.6 Å². The molecule has 2 heterocycles. The Bertz CT molecular complexity index is 956. The number of hydrogen-bond donors (Lipinski definition) is 0. The minimum absolute atomic E-state index is 0. The first kappa shape index (κ1) is 26.5. The van der Waals surface area contributed by atoms with E-state index in [2.05, 4.69) is 22.3 Å². The molecule has 0 saturated carbocycles. The van der Waals surface area contributed by atoms with E-state index in [9.17, 15) is 9.59 Å². The molecule has 0 N–H and O–H groups in total. The van der Waals surface area contributed by atoms with Crippen LogP contribution in [0.2, 0.25) is 0 Å². The van der Waals surface area contributed by atoms with Gasteiger partial charge in [-0.15, -0.1) is 13.1 Å². The van der Waals surface area contributed by atoms with Crippen LogP contribution in [-0.2, 0) is 24.1 Å². The second-order valence-corrected chi connectivity index (χ2v) is 8.98. The van der Waals surface area contributed by atoms with Crippen LogP contribution >= 0.6 is 0 Å². The van der Waals surface area contributed by atoms with E-state index in [1.165, 1.54) is 18.2 Å². The molecule has 0 aromatic heterocycles. The average molecular weight is 661 g/mol. The molecule has 0 bridgehead atoms. The standard InChI is InChI=1S/C27H33N2O3.Ac/c1-32-27(31)25-5-3-2-4-24(25)19-29-16-12-21-7-8-23(18-22(21)13-17-29)26(30)9-6-20-10-14-28-15-11-20;/h2-5,7-8,18,20H,6,9-17,19H2,1H3;/q-1;. The molecule has 0 amide bonds. The van der Waals surface area contributed by atoms with Crippen molar-refractivity contribution in [1.82, 2.24) is 4.90 Å². The first-order chi connectivity index (χ1) is 15.6. The molecule has 6 heteroatoms. The summed E-state index contributed by atoms with van der Waals surface area (Å²) in [6.45, 7) is 4.48. The zero-order valence-corrected chi connectivity index (χ0v) is 24.3. The number of ketones is 1. The van der Waals surface area contributed by atoms with Crippen molar-refractivity contribution < 1.29 is 58.4 Å². The molecule has 0 atom stereocenters. The van der Waals surface area contributed by atoms with E-state index in [-0.39, 0.29) is 55.8 Å². The summed E-state index contributed by atoms with van der Waals surface area (Å²) in [6.07, 6.45) is 5.76. The third-order valence-corrected chi connectivity index (χ3v) is 6.91. The number of ether oxygens (including phenoxy) is 1. The van der Waals surface area contributed by atoms with Crippen LogP contribution in [0.1, 0.15) is 63.1 Å². The van der Waals surface area contributed by atoms with Crippen LogP contribution in [0.3, 0.4) is 0 Å². The maximum Gasteiger partial charge on any atom is 0.338 e. The first-order valence-corrected chi connectivity index (χ1v) is 11.8. The Morgan fingerprint density at radius 2 is 1.76 bits per heavy atom. The smallest absolute Gasteiger partial charge is 0.338 e. The van der Waals surface area contributed by atoms with E-state index in [0.29, 0.717) is 17.9 Å². The van der Waals surface area contributed by atoms with Gasteiger partial charge in [-0.1, -0.05) is 43.2 Å². The summed E-state index contributed by atoms with van der Waals surface area (Å²) in [6, 6.07) is 14.0. The number of nitrogens with zero attached hydrogens (tertiary/aromatic N) is 2. The fraction of sp³-hybridized carbons (Fsp3) is 0.481. The van der Waals surface area contributed by atoms with Gasteiger partial charge in [-0.25, -0.2) is 4.79 Å². The van der Waals surface area contributed by atoms with Gasteiger partial charge in [0.05, 0.1) is 12.7 Å². The number of esters is 1. The van der Waals surface area contributed by atoms with Crippen LogP contribution in [-0.4, -0.2) is 49.9 Å². The van der Waals surface area contributed by atoms with Crippen molar-refractivity contribution in [3.63, 3.8) is 0 Å². The predicted molar refractivity (Wildman–Crippen MR) is 126 cm³/mol. The van der Waals surface area contributed by atoms with Crippen LogP contribution in [0.4, 0.5) is 0 Å². The second kappa shape index (κ2) is 13.1. The topological polar surface area (TPSA) is 60.7 Å². The Kier molecular flexibility index (Phi) is 10.6. The minimum Gasteiger partial charge on any atom is -0.662 e. The summed E-state index contributed by atoms with van der Waals surface area (Å²) in [5.74, 6) is 0.631. The van der Waals surface area contributed by atoms with Gasteiger partial charge in [-0.2, -0.15) is 0 Å². The summed E-state index contributed by atoms with van der Waals surface area (Å²) < 4.78 is 4.94.